The highest BCUT2D eigenvalue weighted by Gasteiger charge is 2.11. The molecule has 6 nitrogen and oxygen atoms in total. The van der Waals surface area contributed by atoms with Crippen molar-refractivity contribution in [3.63, 3.8) is 0 Å². The molecule has 0 saturated heterocycles. The van der Waals surface area contributed by atoms with Gasteiger partial charge in [0.2, 0.25) is 10.0 Å². The number of hydrogen-bond acceptors (Lipinski definition) is 4. The molecule has 0 aliphatic rings. The van der Waals surface area contributed by atoms with E-state index in [0.717, 1.165) is 16.8 Å². The zero-order chi connectivity index (χ0) is 14.4. The second-order valence-corrected chi connectivity index (χ2v) is 6.31. The maximum Gasteiger partial charge on any atom is 0.215 e. The third kappa shape index (κ3) is 4.44. The van der Waals surface area contributed by atoms with Crippen LogP contribution >= 0.6 is 0 Å². The number of imidazole rings is 1. The lowest BCUT2D eigenvalue weighted by atomic mass is 10.1. The van der Waals surface area contributed by atoms with Gasteiger partial charge in [0.25, 0.3) is 0 Å². The second-order valence-electron chi connectivity index (χ2n) is 4.50. The summed E-state index contributed by atoms with van der Waals surface area (Å²) in [6.45, 7) is 0.752. The molecule has 1 aromatic carbocycles. The minimum absolute atomic E-state index is 0.0379. The van der Waals surface area contributed by atoms with Gasteiger partial charge >= 0.3 is 0 Å². The monoisotopic (exact) mass is 294 g/mol. The Morgan fingerprint density at radius 2 is 2.10 bits per heavy atom. The van der Waals surface area contributed by atoms with Gasteiger partial charge in [-0.3, -0.25) is 0 Å². The van der Waals surface area contributed by atoms with Gasteiger partial charge in [0.05, 0.1) is 12.1 Å². The van der Waals surface area contributed by atoms with Gasteiger partial charge in [-0.25, -0.2) is 18.1 Å². The molecule has 0 bridgehead atoms. The van der Waals surface area contributed by atoms with Crippen LogP contribution in [0.3, 0.4) is 0 Å². The van der Waals surface area contributed by atoms with E-state index >= 15 is 0 Å². The minimum Gasteiger partial charge on any atom is -0.348 e. The van der Waals surface area contributed by atoms with Crippen molar-refractivity contribution in [1.82, 2.24) is 14.7 Å². The fourth-order valence-electron chi connectivity index (χ4n) is 1.88. The summed E-state index contributed by atoms with van der Waals surface area (Å²) in [6, 6.07) is 7.29. The number of aromatic nitrogens is 2. The Morgan fingerprint density at radius 1 is 1.30 bits per heavy atom. The fourth-order valence-corrected chi connectivity index (χ4v) is 3.01. The molecule has 1 heterocycles. The largest absolute Gasteiger partial charge is 0.348 e. The molecule has 0 atom stereocenters. The number of benzene rings is 1. The molecule has 0 fully saturated rings. The summed E-state index contributed by atoms with van der Waals surface area (Å²) in [5, 5.41) is 0. The maximum absolute atomic E-state index is 12.0. The Labute approximate surface area is 118 Å². The molecule has 7 heteroatoms. The normalized spacial score (nSPS) is 11.7. The zero-order valence-corrected chi connectivity index (χ0v) is 11.9. The Balaban J connectivity index is 1.89. The van der Waals surface area contributed by atoms with Crippen LogP contribution < -0.4 is 10.5 Å². The summed E-state index contributed by atoms with van der Waals surface area (Å²) in [6.07, 6.45) is 3.84. The van der Waals surface area contributed by atoms with Crippen molar-refractivity contribution in [2.75, 3.05) is 6.54 Å². The average Bonchev–Trinajstić information content (AvgIpc) is 2.91. The van der Waals surface area contributed by atoms with Gasteiger partial charge < -0.3 is 10.7 Å². The molecule has 2 aromatic rings. The fraction of sp³-hybridized carbons (Fsp3) is 0.308. The highest BCUT2D eigenvalue weighted by Crippen LogP contribution is 2.08. The third-order valence-corrected chi connectivity index (χ3v) is 4.21. The molecule has 0 radical (unpaired) electrons. The summed E-state index contributed by atoms with van der Waals surface area (Å²) in [5.74, 6) is -0.0379. The van der Waals surface area contributed by atoms with Gasteiger partial charge in [0.15, 0.2) is 0 Å². The molecule has 1 aromatic heterocycles. The van der Waals surface area contributed by atoms with Gasteiger partial charge in [-0.1, -0.05) is 24.3 Å². The van der Waals surface area contributed by atoms with Crippen LogP contribution in [0.25, 0.3) is 0 Å². The molecular weight excluding hydrogens is 276 g/mol. The number of nitrogens with zero attached hydrogens (tertiary/aromatic N) is 1. The first-order valence-corrected chi connectivity index (χ1v) is 7.97. The summed E-state index contributed by atoms with van der Waals surface area (Å²) in [4.78, 5) is 6.81. The number of rotatable bonds is 7. The van der Waals surface area contributed by atoms with Gasteiger partial charge in [-0.05, 0) is 11.1 Å². The van der Waals surface area contributed by atoms with Crippen LogP contribution in [0.5, 0.6) is 0 Å². The second kappa shape index (κ2) is 6.65. The molecule has 0 aliphatic carbocycles. The number of nitrogens with one attached hydrogen (secondary N) is 2. The van der Waals surface area contributed by atoms with Crippen molar-refractivity contribution in [2.45, 2.75) is 18.7 Å². The van der Waals surface area contributed by atoms with Crippen LogP contribution in [0, 0.1) is 0 Å². The Hall–Kier alpha value is -1.70. The summed E-state index contributed by atoms with van der Waals surface area (Å²) >= 11 is 0. The highest BCUT2D eigenvalue weighted by atomic mass is 32.2. The molecule has 0 aliphatic heterocycles. The van der Waals surface area contributed by atoms with E-state index in [9.17, 15) is 8.42 Å². The summed E-state index contributed by atoms with van der Waals surface area (Å²) in [7, 11) is -3.34. The number of H-pyrrole nitrogens is 1. The Kier molecular flexibility index (Phi) is 4.89. The first kappa shape index (κ1) is 14.7. The smallest absolute Gasteiger partial charge is 0.215 e. The molecule has 0 unspecified atom stereocenters. The molecule has 0 amide bonds. The van der Waals surface area contributed by atoms with Gasteiger partial charge in [0.1, 0.15) is 0 Å². The molecule has 0 spiro atoms. The molecule has 2 rings (SSSR count). The lowest BCUT2D eigenvalue weighted by Crippen LogP contribution is -2.27. The van der Waals surface area contributed by atoms with E-state index in [-0.39, 0.29) is 5.75 Å². The van der Waals surface area contributed by atoms with Crippen molar-refractivity contribution in [3.05, 3.63) is 53.6 Å². The van der Waals surface area contributed by atoms with E-state index in [1.54, 1.807) is 18.6 Å². The summed E-state index contributed by atoms with van der Waals surface area (Å²) < 4.78 is 26.5. The first-order valence-electron chi connectivity index (χ1n) is 6.31. The minimum atomic E-state index is -3.34. The predicted octanol–water partition coefficient (Wildman–Crippen LogP) is 0.530. The standard InChI is InChI=1S/C13H18N4O2S/c14-7-11-2-1-3-12(6-11)9-20(18,19)17-5-4-13-8-15-10-16-13/h1-3,6,8,10,17H,4-5,7,9,14H2,(H,15,16). The highest BCUT2D eigenvalue weighted by molar-refractivity contribution is 7.88. The quantitative estimate of drug-likeness (QED) is 0.693. The molecular formula is C13H18N4O2S. The molecule has 4 N–H and O–H groups in total. The van der Waals surface area contributed by atoms with E-state index in [2.05, 4.69) is 14.7 Å². The van der Waals surface area contributed by atoms with E-state index in [0.29, 0.717) is 19.5 Å². The van der Waals surface area contributed by atoms with Crippen molar-refractivity contribution in [2.24, 2.45) is 5.73 Å². The number of hydrogen-bond donors (Lipinski definition) is 3. The van der Waals surface area contributed by atoms with Crippen LogP contribution in [-0.4, -0.2) is 24.9 Å². The molecule has 108 valence electrons. The number of sulfonamides is 1. The lowest BCUT2D eigenvalue weighted by molar-refractivity contribution is 0.580. The average molecular weight is 294 g/mol. The van der Waals surface area contributed by atoms with Gasteiger partial charge in [-0.15, -0.1) is 0 Å². The van der Waals surface area contributed by atoms with Crippen molar-refractivity contribution in [3.8, 4) is 0 Å². The first-order chi connectivity index (χ1) is 9.59. The topological polar surface area (TPSA) is 101 Å². The van der Waals surface area contributed by atoms with E-state index in [4.69, 9.17) is 5.73 Å². The van der Waals surface area contributed by atoms with Crippen molar-refractivity contribution in [1.29, 1.82) is 0 Å². The van der Waals surface area contributed by atoms with Crippen LogP contribution in [0.15, 0.2) is 36.8 Å². The van der Waals surface area contributed by atoms with Crippen LogP contribution in [0.2, 0.25) is 0 Å². The van der Waals surface area contributed by atoms with Crippen molar-refractivity contribution >= 4 is 10.0 Å². The third-order valence-electron chi connectivity index (χ3n) is 2.85. The van der Waals surface area contributed by atoms with E-state index < -0.39 is 10.0 Å². The van der Waals surface area contributed by atoms with E-state index in [1.807, 2.05) is 18.2 Å². The lowest BCUT2D eigenvalue weighted by Gasteiger charge is -2.07. The Bertz CT molecular complexity index is 638. The predicted molar refractivity (Wildman–Crippen MR) is 77.3 cm³/mol. The Morgan fingerprint density at radius 3 is 2.80 bits per heavy atom. The van der Waals surface area contributed by atoms with Gasteiger partial charge in [0, 0.05) is 31.4 Å². The molecule has 0 saturated carbocycles. The zero-order valence-electron chi connectivity index (χ0n) is 11.0. The van der Waals surface area contributed by atoms with Crippen LogP contribution in [-0.2, 0) is 28.7 Å². The maximum atomic E-state index is 12.0. The van der Waals surface area contributed by atoms with Gasteiger partial charge in [-0.2, -0.15) is 0 Å². The summed E-state index contributed by atoms with van der Waals surface area (Å²) in [5.41, 5.74) is 8.11. The SMILES string of the molecule is NCc1cccc(CS(=O)(=O)NCCc2cnc[nH]2)c1. The number of nitrogens with two attached hydrogens (primary N) is 1. The molecule has 20 heavy (non-hydrogen) atoms. The van der Waals surface area contributed by atoms with E-state index in [1.165, 1.54) is 0 Å². The number of aromatic amines is 1. The van der Waals surface area contributed by atoms with Crippen LogP contribution in [0.1, 0.15) is 16.8 Å². The van der Waals surface area contributed by atoms with Crippen molar-refractivity contribution < 1.29 is 8.42 Å². The van der Waals surface area contributed by atoms with Crippen LogP contribution in [0.4, 0.5) is 0 Å².